The molecule has 1 aliphatic heterocycles. The summed E-state index contributed by atoms with van der Waals surface area (Å²) < 4.78 is 67.3. The molecule has 3 aromatic rings. The molecular weight excluding hydrogens is 437 g/mol. The molecule has 0 aliphatic carbocycles. The minimum Gasteiger partial charge on any atom is -0.319 e. The number of carbonyl (C=O) groups excluding carboxylic acids is 2. The van der Waals surface area contributed by atoms with Crippen LogP contribution < -0.4 is 10.2 Å². The Kier molecular flexibility index (Phi) is 5.15. The monoisotopic (exact) mass is 451 g/mol. The van der Waals surface area contributed by atoms with Crippen LogP contribution in [-0.4, -0.2) is 33.1 Å². The fourth-order valence-corrected chi connectivity index (χ4v) is 3.41. The van der Waals surface area contributed by atoms with Crippen LogP contribution in [0.5, 0.6) is 0 Å². The molecule has 7 nitrogen and oxygen atoms in total. The molecule has 0 saturated carbocycles. The smallest absolute Gasteiger partial charge is 0.319 e. The Bertz CT molecular complexity index is 1220. The van der Waals surface area contributed by atoms with Crippen LogP contribution in [0.2, 0.25) is 0 Å². The molecule has 4 rings (SSSR count). The highest BCUT2D eigenvalue weighted by atomic mass is 19.4. The predicted molar refractivity (Wildman–Crippen MR) is 102 cm³/mol. The molecule has 0 radical (unpaired) electrons. The lowest BCUT2D eigenvalue weighted by atomic mass is 10.1. The summed E-state index contributed by atoms with van der Waals surface area (Å²) >= 11 is 0. The van der Waals surface area contributed by atoms with E-state index in [4.69, 9.17) is 0 Å². The first-order chi connectivity index (χ1) is 15.1. The van der Waals surface area contributed by atoms with E-state index in [1.54, 1.807) is 6.92 Å². The zero-order chi connectivity index (χ0) is 23.2. The maximum absolute atomic E-state index is 14.1. The number of hydrogen-bond donors (Lipinski definition) is 1. The van der Waals surface area contributed by atoms with E-state index >= 15 is 0 Å². The second kappa shape index (κ2) is 7.70. The predicted octanol–water partition coefficient (Wildman–Crippen LogP) is 4.05. The van der Waals surface area contributed by atoms with Crippen molar-refractivity contribution < 1.29 is 31.5 Å². The zero-order valence-corrected chi connectivity index (χ0v) is 16.3. The average molecular weight is 451 g/mol. The molecule has 1 N–H and O–H groups in total. The summed E-state index contributed by atoms with van der Waals surface area (Å²) in [7, 11) is 0. The van der Waals surface area contributed by atoms with Gasteiger partial charge in [0.05, 0.1) is 35.2 Å². The first-order valence-electron chi connectivity index (χ1n) is 9.24. The van der Waals surface area contributed by atoms with Crippen LogP contribution in [0.3, 0.4) is 0 Å². The number of hydrogen-bond acceptors (Lipinski definition) is 4. The van der Waals surface area contributed by atoms with E-state index < -0.39 is 41.2 Å². The molecule has 166 valence electrons. The van der Waals surface area contributed by atoms with E-state index in [0.29, 0.717) is 12.1 Å². The van der Waals surface area contributed by atoms with Crippen LogP contribution in [0.15, 0.2) is 42.9 Å². The van der Waals surface area contributed by atoms with Crippen LogP contribution in [0, 0.1) is 11.6 Å². The highest BCUT2D eigenvalue weighted by molar-refractivity contribution is 6.13. The van der Waals surface area contributed by atoms with Crippen molar-refractivity contribution in [1.29, 1.82) is 0 Å². The van der Waals surface area contributed by atoms with Gasteiger partial charge in [0.1, 0.15) is 11.6 Å². The average Bonchev–Trinajstić information content (AvgIpc) is 3.14. The van der Waals surface area contributed by atoms with Crippen molar-refractivity contribution in [2.45, 2.75) is 19.1 Å². The van der Waals surface area contributed by atoms with Gasteiger partial charge >= 0.3 is 6.18 Å². The third kappa shape index (κ3) is 3.79. The number of pyridine rings is 1. The van der Waals surface area contributed by atoms with Gasteiger partial charge in [0.2, 0.25) is 0 Å². The standard InChI is InChI=1S/C20H14F5N5O2/c1-10-9-29(13-2-3-14(15(22)5-13)20(23,24)25)19(32)17-16(8-27-30(10)17)28-18(31)11-4-12(21)7-26-6-11/h2-8,10H,9H2,1H3,(H,28,31)/t10-/m0/s1. The number of alkyl halides is 3. The van der Waals surface area contributed by atoms with E-state index in [1.165, 1.54) is 10.9 Å². The van der Waals surface area contributed by atoms with Gasteiger partial charge in [0.25, 0.3) is 11.8 Å². The first kappa shape index (κ1) is 21.4. The number of halogens is 5. The van der Waals surface area contributed by atoms with Crippen molar-refractivity contribution in [3.05, 3.63) is 71.3 Å². The SMILES string of the molecule is C[C@H]1CN(c2ccc(C(F)(F)F)c(F)c2)C(=O)c2c(NC(=O)c3cncc(F)c3)cnn21. The van der Waals surface area contributed by atoms with Crippen LogP contribution >= 0.6 is 0 Å². The van der Waals surface area contributed by atoms with Gasteiger partial charge in [0.15, 0.2) is 5.69 Å². The first-order valence-corrected chi connectivity index (χ1v) is 9.24. The van der Waals surface area contributed by atoms with Crippen molar-refractivity contribution in [1.82, 2.24) is 14.8 Å². The van der Waals surface area contributed by atoms with E-state index in [-0.39, 0.29) is 29.2 Å². The fourth-order valence-electron chi connectivity index (χ4n) is 3.41. The molecule has 2 amide bonds. The van der Waals surface area contributed by atoms with Gasteiger partial charge in [-0.25, -0.2) is 8.78 Å². The Balaban J connectivity index is 1.66. The molecule has 0 fully saturated rings. The number of nitrogens with one attached hydrogen (secondary N) is 1. The van der Waals surface area contributed by atoms with Crippen LogP contribution in [0.1, 0.15) is 39.4 Å². The Morgan fingerprint density at radius 1 is 1.16 bits per heavy atom. The molecule has 12 heteroatoms. The van der Waals surface area contributed by atoms with Crippen LogP contribution in [-0.2, 0) is 6.18 Å². The highest BCUT2D eigenvalue weighted by Gasteiger charge is 2.37. The Hall–Kier alpha value is -3.83. The largest absolute Gasteiger partial charge is 0.419 e. The summed E-state index contributed by atoms with van der Waals surface area (Å²) in [5.74, 6) is -3.69. The second-order valence-corrected chi connectivity index (χ2v) is 7.12. The number of benzene rings is 1. The molecule has 0 unspecified atom stereocenters. The Labute approximate surface area is 177 Å². The molecule has 0 saturated heterocycles. The Morgan fingerprint density at radius 2 is 1.91 bits per heavy atom. The van der Waals surface area contributed by atoms with Gasteiger partial charge in [-0.3, -0.25) is 19.3 Å². The number of rotatable bonds is 3. The van der Waals surface area contributed by atoms with Gasteiger partial charge in [-0.15, -0.1) is 0 Å². The maximum Gasteiger partial charge on any atom is 0.419 e. The van der Waals surface area contributed by atoms with E-state index in [0.717, 1.165) is 29.4 Å². The third-order valence-electron chi connectivity index (χ3n) is 4.89. The lowest BCUT2D eigenvalue weighted by molar-refractivity contribution is -0.139. The molecule has 1 atom stereocenters. The fraction of sp³-hybridized carbons (Fsp3) is 0.200. The molecular formula is C20H14F5N5O2. The van der Waals surface area contributed by atoms with Crippen molar-refractivity contribution in [3.8, 4) is 0 Å². The summed E-state index contributed by atoms with van der Waals surface area (Å²) in [6.07, 6.45) is -1.59. The quantitative estimate of drug-likeness (QED) is 0.610. The highest BCUT2D eigenvalue weighted by Crippen LogP contribution is 2.35. The van der Waals surface area contributed by atoms with Crippen molar-refractivity contribution in [2.75, 3.05) is 16.8 Å². The molecule has 0 bridgehead atoms. The summed E-state index contributed by atoms with van der Waals surface area (Å²) in [4.78, 5) is 30.2. The maximum atomic E-state index is 14.1. The van der Waals surface area contributed by atoms with Gasteiger partial charge in [-0.05, 0) is 31.2 Å². The lowest BCUT2D eigenvalue weighted by Gasteiger charge is -2.32. The van der Waals surface area contributed by atoms with E-state index in [2.05, 4.69) is 15.4 Å². The normalized spacial score (nSPS) is 16.1. The van der Waals surface area contributed by atoms with Gasteiger partial charge in [0, 0.05) is 18.4 Å². The van der Waals surface area contributed by atoms with Crippen molar-refractivity contribution in [2.24, 2.45) is 0 Å². The molecule has 32 heavy (non-hydrogen) atoms. The molecule has 0 spiro atoms. The number of fused-ring (bicyclic) bond motifs is 1. The van der Waals surface area contributed by atoms with Crippen LogP contribution in [0.4, 0.5) is 33.3 Å². The van der Waals surface area contributed by atoms with Gasteiger partial charge in [-0.2, -0.15) is 18.3 Å². The van der Waals surface area contributed by atoms with E-state index in [1.807, 2.05) is 0 Å². The lowest BCUT2D eigenvalue weighted by Crippen LogP contribution is -2.43. The summed E-state index contributed by atoms with van der Waals surface area (Å²) in [5, 5.41) is 6.54. The van der Waals surface area contributed by atoms with Crippen molar-refractivity contribution in [3.63, 3.8) is 0 Å². The number of aromatic nitrogens is 3. The van der Waals surface area contributed by atoms with Gasteiger partial charge in [-0.1, -0.05) is 0 Å². The molecule has 1 aromatic carbocycles. The second-order valence-electron chi connectivity index (χ2n) is 7.12. The Morgan fingerprint density at radius 3 is 2.56 bits per heavy atom. The van der Waals surface area contributed by atoms with Crippen molar-refractivity contribution >= 4 is 23.2 Å². The summed E-state index contributed by atoms with van der Waals surface area (Å²) in [6.45, 7) is 1.71. The summed E-state index contributed by atoms with van der Waals surface area (Å²) in [6, 6.07) is 2.72. The minimum atomic E-state index is -4.87. The molecule has 3 heterocycles. The molecule has 2 aromatic heterocycles. The number of amides is 2. The summed E-state index contributed by atoms with van der Waals surface area (Å²) in [5.41, 5.74) is -1.66. The topological polar surface area (TPSA) is 80.1 Å². The number of anilines is 2. The number of nitrogens with zero attached hydrogens (tertiary/aromatic N) is 4. The molecule has 1 aliphatic rings. The third-order valence-corrected chi connectivity index (χ3v) is 4.89. The zero-order valence-electron chi connectivity index (χ0n) is 16.3. The van der Waals surface area contributed by atoms with Crippen LogP contribution in [0.25, 0.3) is 0 Å². The minimum absolute atomic E-state index is 0.00759. The number of carbonyl (C=O) groups is 2. The van der Waals surface area contributed by atoms with Gasteiger partial charge < -0.3 is 10.2 Å². The van der Waals surface area contributed by atoms with E-state index in [9.17, 15) is 31.5 Å².